The molecule has 8 aliphatic rings. The molecule has 77 heavy (non-hydrogen) atoms. The average Bonchev–Trinajstić information content (AvgIpc) is 4.26. The Morgan fingerprint density at radius 1 is 0.260 bits per heavy atom. The van der Waals surface area contributed by atoms with Gasteiger partial charge >= 0.3 is 0 Å². The van der Waals surface area contributed by atoms with E-state index >= 15 is 0 Å². The molecule has 0 radical (unpaired) electrons. The van der Waals surface area contributed by atoms with Gasteiger partial charge in [0, 0.05) is 31.8 Å². The van der Waals surface area contributed by atoms with Gasteiger partial charge in [-0.05, 0) is 116 Å². The summed E-state index contributed by atoms with van der Waals surface area (Å²) in [5.41, 5.74) is 0. The summed E-state index contributed by atoms with van der Waals surface area (Å²) in [6.45, 7) is 74.9. The number of nitrogens with one attached hydrogen (secondary N) is 1. The molecule has 0 bridgehead atoms. The molecule has 0 aromatic heterocycles. The standard InChI is InChI=1S/2C8H16.C7H15N.2C7H14O.2C7H14.C6H12O.8C2H6/c2*1-7(2)8-5-3-4-6-8;1-6(2)7-4-3-5-8-7;1-6(2)7-3-4-8-5-7;1-6(2)7-4-3-5-8-7;2*1-6(2)7-4-3-5-7;1-5(2)6-3-7-4-6;8*1-2/h2*7-8H,3-6H2,1-2H3;6-8H,3-5H2,1-2H3;2*6-7H,3-5H2,1-2H3;2*6-7H,3-5H2,1-2H3;5-6H,3-4H2,1-2H3;8*1-2H3. The number of hydrogen-bond acceptors (Lipinski definition) is 4. The largest absolute Gasteiger partial charge is 0.381 e. The summed E-state index contributed by atoms with van der Waals surface area (Å²) in [5.74, 6) is 13.0. The minimum absolute atomic E-state index is 0.565. The van der Waals surface area contributed by atoms with Crippen LogP contribution in [0, 0.1) is 82.9 Å². The van der Waals surface area contributed by atoms with Gasteiger partial charge in [-0.15, -0.1) is 0 Å². The van der Waals surface area contributed by atoms with E-state index < -0.39 is 0 Å². The van der Waals surface area contributed by atoms with E-state index in [1.165, 1.54) is 129 Å². The summed E-state index contributed by atoms with van der Waals surface area (Å²) in [6, 6.07) is 0.815. The van der Waals surface area contributed by atoms with Crippen LogP contribution >= 0.6 is 0 Å². The molecule has 0 aromatic rings. The second-order valence-electron chi connectivity index (χ2n) is 23.6. The zero-order valence-corrected chi connectivity index (χ0v) is 60.6. The van der Waals surface area contributed by atoms with Crippen LogP contribution in [0.25, 0.3) is 0 Å². The predicted molar refractivity (Wildman–Crippen MR) is 361 cm³/mol. The Morgan fingerprint density at radius 3 is 0.675 bits per heavy atom. The molecule has 0 aromatic carbocycles. The fraction of sp³-hybridized carbons (Fsp3) is 1.00. The normalized spacial score (nSPS) is 20.8. The molecule has 4 saturated carbocycles. The third kappa shape index (κ3) is 57.4. The maximum atomic E-state index is 5.41. The van der Waals surface area contributed by atoms with E-state index in [2.05, 4.69) is 116 Å². The summed E-state index contributed by atoms with van der Waals surface area (Å²) >= 11 is 0. The van der Waals surface area contributed by atoms with E-state index in [4.69, 9.17) is 14.2 Å². The van der Waals surface area contributed by atoms with Crippen LogP contribution in [0.2, 0.25) is 0 Å². The molecule has 3 atom stereocenters. The summed E-state index contributed by atoms with van der Waals surface area (Å²) in [5, 5.41) is 3.46. The van der Waals surface area contributed by atoms with Crippen LogP contribution in [-0.2, 0) is 14.2 Å². The van der Waals surface area contributed by atoms with Gasteiger partial charge in [0.25, 0.3) is 0 Å². The van der Waals surface area contributed by atoms with Crippen molar-refractivity contribution in [3.8, 4) is 0 Å². The lowest BCUT2D eigenvalue weighted by molar-refractivity contribution is -0.0534. The lowest BCUT2D eigenvalue weighted by atomic mass is 9.78. The second kappa shape index (κ2) is 71.9. The molecule has 4 heteroatoms. The Balaban J connectivity index is -0.000000113. The van der Waals surface area contributed by atoms with Gasteiger partial charge in [-0.25, -0.2) is 0 Å². The minimum atomic E-state index is 0.565. The Hall–Kier alpha value is -0.160. The highest BCUT2D eigenvalue weighted by Crippen LogP contribution is 2.34. The highest BCUT2D eigenvalue weighted by Gasteiger charge is 2.23. The van der Waals surface area contributed by atoms with Crippen molar-refractivity contribution in [2.75, 3.05) is 39.6 Å². The fourth-order valence-electron chi connectivity index (χ4n) is 9.59. The van der Waals surface area contributed by atoms with Crippen molar-refractivity contribution in [1.29, 1.82) is 0 Å². The van der Waals surface area contributed by atoms with Gasteiger partial charge in [-0.1, -0.05) is 311 Å². The number of rotatable bonds is 8. The molecule has 4 heterocycles. The second-order valence-corrected chi connectivity index (χ2v) is 23.6. The van der Waals surface area contributed by atoms with Gasteiger partial charge in [0.1, 0.15) is 0 Å². The Bertz CT molecular complexity index is 774. The van der Waals surface area contributed by atoms with Gasteiger partial charge in [-0.2, -0.15) is 0 Å². The number of ether oxygens (including phenoxy) is 3. The first kappa shape index (κ1) is 93.3. The first-order valence-corrected chi connectivity index (χ1v) is 35.4. The minimum Gasteiger partial charge on any atom is -0.381 e. The van der Waals surface area contributed by atoms with E-state index in [0.717, 1.165) is 122 Å². The van der Waals surface area contributed by atoms with Crippen molar-refractivity contribution >= 4 is 0 Å². The smallest absolute Gasteiger partial charge is 0.0598 e. The molecule has 4 aliphatic heterocycles. The van der Waals surface area contributed by atoms with E-state index in [1.807, 2.05) is 111 Å². The van der Waals surface area contributed by atoms with Gasteiger partial charge in [0.05, 0.1) is 19.3 Å². The van der Waals surface area contributed by atoms with Crippen molar-refractivity contribution < 1.29 is 14.2 Å². The topological polar surface area (TPSA) is 39.7 Å². The zero-order chi connectivity index (χ0) is 61.7. The third-order valence-corrected chi connectivity index (χ3v) is 16.0. The molecule has 1 N–H and O–H groups in total. The Labute approximate surface area is 495 Å². The van der Waals surface area contributed by atoms with Crippen LogP contribution in [0.1, 0.15) is 344 Å². The molecule has 0 amide bonds. The highest BCUT2D eigenvalue weighted by molar-refractivity contribution is 4.77. The fourth-order valence-corrected chi connectivity index (χ4v) is 9.59. The number of hydrogen-bond donors (Lipinski definition) is 1. The van der Waals surface area contributed by atoms with Crippen LogP contribution < -0.4 is 5.32 Å². The zero-order valence-electron chi connectivity index (χ0n) is 60.6. The Morgan fingerprint density at radius 2 is 0.571 bits per heavy atom. The Kier molecular flexibility index (Phi) is 87.1. The van der Waals surface area contributed by atoms with E-state index in [9.17, 15) is 0 Å². The molecular weight excluding hydrogens is 939 g/mol. The lowest BCUT2D eigenvalue weighted by Crippen LogP contribution is -2.31. The summed E-state index contributed by atoms with van der Waals surface area (Å²) < 4.78 is 15.6. The van der Waals surface area contributed by atoms with Crippen molar-refractivity contribution in [3.63, 3.8) is 0 Å². The van der Waals surface area contributed by atoms with Crippen molar-refractivity contribution in [2.45, 2.75) is 356 Å². The molecule has 8 fully saturated rings. The summed E-state index contributed by atoms with van der Waals surface area (Å²) in [4.78, 5) is 0. The van der Waals surface area contributed by atoms with Gasteiger partial charge in [0.2, 0.25) is 0 Å². The third-order valence-electron chi connectivity index (χ3n) is 16.0. The van der Waals surface area contributed by atoms with E-state index in [-0.39, 0.29) is 0 Å². The van der Waals surface area contributed by atoms with Crippen LogP contribution in [0.4, 0.5) is 0 Å². The maximum Gasteiger partial charge on any atom is 0.0598 e. The van der Waals surface area contributed by atoms with Gasteiger partial charge in [-0.3, -0.25) is 0 Å². The SMILES string of the molecule is CC.CC.CC.CC.CC.CC.CC.CC.CC(C)C1CCC1.CC(C)C1CCC1.CC(C)C1CCCC1.CC(C)C1CCCC1.CC(C)C1CCCN1.CC(C)C1CCCO1.CC(C)C1CCOC1.CC(C)C1COC1. The van der Waals surface area contributed by atoms with Gasteiger partial charge in [0.15, 0.2) is 0 Å². The van der Waals surface area contributed by atoms with Crippen LogP contribution in [-0.4, -0.2) is 51.7 Å². The first-order chi connectivity index (χ1) is 36.9. The van der Waals surface area contributed by atoms with Crippen molar-refractivity contribution in [3.05, 3.63) is 0 Å². The molecule has 4 nitrogen and oxygen atoms in total. The average molecular weight is 1100 g/mol. The molecule has 4 saturated heterocycles. The van der Waals surface area contributed by atoms with E-state index in [0.29, 0.717) is 6.10 Å². The molecule has 8 rings (SSSR count). The molecule has 478 valence electrons. The summed E-state index contributed by atoms with van der Waals surface area (Å²) in [7, 11) is 0. The van der Waals surface area contributed by atoms with E-state index in [1.54, 1.807) is 0 Å². The molecule has 4 aliphatic carbocycles. The van der Waals surface area contributed by atoms with Crippen LogP contribution in [0.15, 0.2) is 0 Å². The lowest BCUT2D eigenvalue weighted by Gasteiger charge is -2.29. The monoisotopic (exact) mass is 1100 g/mol. The van der Waals surface area contributed by atoms with Crippen molar-refractivity contribution in [1.82, 2.24) is 5.32 Å². The van der Waals surface area contributed by atoms with Gasteiger partial charge < -0.3 is 19.5 Å². The molecule has 3 unspecified atom stereocenters. The highest BCUT2D eigenvalue weighted by atomic mass is 16.5. The van der Waals surface area contributed by atoms with Crippen LogP contribution in [0.5, 0.6) is 0 Å². The molecule has 0 spiro atoms. The molecular formula is C73H163NO3. The van der Waals surface area contributed by atoms with Crippen LogP contribution in [0.3, 0.4) is 0 Å². The predicted octanol–water partition coefficient (Wildman–Crippen LogP) is 24.9. The quantitative estimate of drug-likeness (QED) is 0.263. The maximum absolute atomic E-state index is 5.41. The first-order valence-electron chi connectivity index (χ1n) is 35.4. The van der Waals surface area contributed by atoms with Crippen molar-refractivity contribution in [2.24, 2.45) is 82.9 Å². The summed E-state index contributed by atoms with van der Waals surface area (Å²) in [6.07, 6.45) is 28.1.